The van der Waals surface area contributed by atoms with E-state index in [1.807, 2.05) is 18.2 Å². The quantitative estimate of drug-likeness (QED) is 0.563. The zero-order valence-corrected chi connectivity index (χ0v) is 12.1. The molecule has 0 radical (unpaired) electrons. The van der Waals surface area contributed by atoms with Crippen molar-refractivity contribution in [2.24, 2.45) is 0 Å². The van der Waals surface area contributed by atoms with Crippen LogP contribution in [0.2, 0.25) is 0 Å². The molecule has 1 heterocycles. The summed E-state index contributed by atoms with van der Waals surface area (Å²) < 4.78 is 5.91. The third kappa shape index (κ3) is 2.32. The summed E-state index contributed by atoms with van der Waals surface area (Å²) >= 11 is 1.46. The van der Waals surface area contributed by atoms with Crippen molar-refractivity contribution in [3.63, 3.8) is 0 Å². The van der Waals surface area contributed by atoms with Gasteiger partial charge in [0.1, 0.15) is 0 Å². The van der Waals surface area contributed by atoms with E-state index in [2.05, 4.69) is 0 Å². The minimum atomic E-state index is -0.0611. The van der Waals surface area contributed by atoms with E-state index in [-0.39, 0.29) is 11.2 Å². The normalized spacial score (nSPS) is 10.7. The van der Waals surface area contributed by atoms with Crippen LogP contribution in [0, 0.1) is 0 Å². The molecule has 0 atom stereocenters. The summed E-state index contributed by atoms with van der Waals surface area (Å²) in [6, 6.07) is 12.0. The Labute approximate surface area is 125 Å². The smallest absolute Gasteiger partial charge is 0.188 e. The van der Waals surface area contributed by atoms with Crippen LogP contribution in [-0.2, 0) is 0 Å². The number of methoxy groups -OCH3 is 1. The molecule has 0 amide bonds. The number of nitrogens with two attached hydrogens (primary N) is 1. The molecule has 1 aromatic heterocycles. The van der Waals surface area contributed by atoms with Gasteiger partial charge in [-0.3, -0.25) is 4.79 Å². The Morgan fingerprint density at radius 1 is 1.19 bits per heavy atom. The SMILES string of the molecule is COc1cc(N)c(-c2cc(=O)c3ccccc3s2)cc1O. The maximum Gasteiger partial charge on any atom is 0.188 e. The van der Waals surface area contributed by atoms with Gasteiger partial charge in [-0.25, -0.2) is 0 Å². The van der Waals surface area contributed by atoms with Crippen LogP contribution < -0.4 is 15.9 Å². The van der Waals surface area contributed by atoms with Gasteiger partial charge in [0.25, 0.3) is 0 Å². The van der Waals surface area contributed by atoms with Crippen molar-refractivity contribution in [2.45, 2.75) is 0 Å². The highest BCUT2D eigenvalue weighted by atomic mass is 32.1. The predicted molar refractivity (Wildman–Crippen MR) is 86.2 cm³/mol. The lowest BCUT2D eigenvalue weighted by Gasteiger charge is -2.10. The molecular formula is C16H13NO3S. The van der Waals surface area contributed by atoms with E-state index < -0.39 is 0 Å². The summed E-state index contributed by atoms with van der Waals surface area (Å²) in [7, 11) is 1.46. The minimum Gasteiger partial charge on any atom is -0.504 e. The molecule has 0 bridgehead atoms. The summed E-state index contributed by atoms with van der Waals surface area (Å²) in [6.45, 7) is 0. The van der Waals surface area contributed by atoms with Crippen LogP contribution in [0.4, 0.5) is 5.69 Å². The van der Waals surface area contributed by atoms with Gasteiger partial charge in [-0.15, -0.1) is 11.3 Å². The third-order valence-corrected chi connectivity index (χ3v) is 4.38. The van der Waals surface area contributed by atoms with Gasteiger partial charge in [-0.1, -0.05) is 12.1 Å². The van der Waals surface area contributed by atoms with Crippen LogP contribution in [0.1, 0.15) is 0 Å². The van der Waals surface area contributed by atoms with Gasteiger partial charge in [-0.05, 0) is 18.2 Å². The molecule has 3 rings (SSSR count). The van der Waals surface area contributed by atoms with Gasteiger partial charge in [0.05, 0.1) is 7.11 Å². The maximum absolute atomic E-state index is 12.2. The lowest BCUT2D eigenvalue weighted by atomic mass is 10.1. The first-order chi connectivity index (χ1) is 10.1. The van der Waals surface area contributed by atoms with E-state index in [9.17, 15) is 9.90 Å². The van der Waals surface area contributed by atoms with Crippen LogP contribution in [0.25, 0.3) is 20.5 Å². The average molecular weight is 299 g/mol. The number of aromatic hydroxyl groups is 1. The summed E-state index contributed by atoms with van der Waals surface area (Å²) in [5, 5.41) is 10.6. The van der Waals surface area contributed by atoms with Gasteiger partial charge in [0.15, 0.2) is 16.9 Å². The number of nitrogen functional groups attached to an aromatic ring is 1. The molecule has 0 unspecified atom stereocenters. The van der Waals surface area contributed by atoms with Gasteiger partial charge < -0.3 is 15.6 Å². The van der Waals surface area contributed by atoms with Gasteiger partial charge in [0.2, 0.25) is 0 Å². The molecule has 5 heteroatoms. The number of ether oxygens (including phenoxy) is 1. The molecule has 3 aromatic rings. The minimum absolute atomic E-state index is 0.00509. The van der Waals surface area contributed by atoms with Gasteiger partial charge in [0, 0.05) is 38.3 Å². The second kappa shape index (κ2) is 5.10. The summed E-state index contributed by atoms with van der Waals surface area (Å²) in [4.78, 5) is 12.9. The Morgan fingerprint density at radius 3 is 2.71 bits per heavy atom. The Balaban J connectivity index is 2.26. The lowest BCUT2D eigenvalue weighted by molar-refractivity contribution is 0.374. The molecule has 4 nitrogen and oxygen atoms in total. The zero-order chi connectivity index (χ0) is 15.0. The number of hydrogen-bond acceptors (Lipinski definition) is 5. The average Bonchev–Trinajstić information content (AvgIpc) is 2.49. The first kappa shape index (κ1) is 13.5. The second-order valence-electron chi connectivity index (χ2n) is 4.58. The number of phenols is 1. The number of rotatable bonds is 2. The molecule has 0 aliphatic carbocycles. The van der Waals surface area contributed by atoms with Crippen LogP contribution in [0.3, 0.4) is 0 Å². The number of hydrogen-bond donors (Lipinski definition) is 2. The highest BCUT2D eigenvalue weighted by Crippen LogP contribution is 2.38. The number of fused-ring (bicyclic) bond motifs is 1. The van der Waals surface area contributed by atoms with Crippen LogP contribution in [0.5, 0.6) is 11.5 Å². The Morgan fingerprint density at radius 2 is 1.95 bits per heavy atom. The van der Waals surface area contributed by atoms with E-state index in [1.165, 1.54) is 24.5 Å². The van der Waals surface area contributed by atoms with Crippen molar-refractivity contribution in [3.05, 3.63) is 52.7 Å². The Hall–Kier alpha value is -2.53. The molecule has 0 saturated carbocycles. The number of anilines is 1. The third-order valence-electron chi connectivity index (χ3n) is 3.25. The molecule has 0 aliphatic heterocycles. The van der Waals surface area contributed by atoms with Crippen LogP contribution >= 0.6 is 11.3 Å². The molecular weight excluding hydrogens is 286 g/mol. The summed E-state index contributed by atoms with van der Waals surface area (Å²) in [5.41, 5.74) is 7.02. The monoisotopic (exact) mass is 299 g/mol. The largest absolute Gasteiger partial charge is 0.504 e. The lowest BCUT2D eigenvalue weighted by Crippen LogP contribution is -2.00. The molecule has 3 N–H and O–H groups in total. The highest BCUT2D eigenvalue weighted by molar-refractivity contribution is 7.21. The zero-order valence-electron chi connectivity index (χ0n) is 11.3. The molecule has 21 heavy (non-hydrogen) atoms. The molecule has 0 saturated heterocycles. The molecule has 106 valence electrons. The van der Waals surface area contributed by atoms with Crippen LogP contribution in [0.15, 0.2) is 47.3 Å². The first-order valence-electron chi connectivity index (χ1n) is 6.30. The van der Waals surface area contributed by atoms with Crippen molar-refractivity contribution in [3.8, 4) is 21.9 Å². The summed E-state index contributed by atoms with van der Waals surface area (Å²) in [5.74, 6) is 0.305. The summed E-state index contributed by atoms with van der Waals surface area (Å²) in [6.07, 6.45) is 0. The fourth-order valence-electron chi connectivity index (χ4n) is 2.20. The standard InChI is InChI=1S/C16H13NO3S/c1-20-14-7-11(17)10(6-13(14)19)16-8-12(18)9-4-2-3-5-15(9)21-16/h2-8,19H,17H2,1H3. The van der Waals surface area contributed by atoms with E-state index in [0.29, 0.717) is 27.3 Å². The van der Waals surface area contributed by atoms with Gasteiger partial charge in [-0.2, -0.15) is 0 Å². The van der Waals surface area contributed by atoms with E-state index in [4.69, 9.17) is 10.5 Å². The fourth-order valence-corrected chi connectivity index (χ4v) is 3.31. The number of benzene rings is 2. The predicted octanol–water partition coefficient (Wildman–Crippen LogP) is 3.22. The van der Waals surface area contributed by atoms with Gasteiger partial charge >= 0.3 is 0 Å². The first-order valence-corrected chi connectivity index (χ1v) is 7.11. The van der Waals surface area contributed by atoms with Crippen molar-refractivity contribution in [2.75, 3.05) is 12.8 Å². The topological polar surface area (TPSA) is 72.5 Å². The van der Waals surface area contributed by atoms with Crippen molar-refractivity contribution in [1.82, 2.24) is 0 Å². The fraction of sp³-hybridized carbons (Fsp3) is 0.0625. The molecule has 0 spiro atoms. The maximum atomic E-state index is 12.2. The second-order valence-corrected chi connectivity index (χ2v) is 5.67. The highest BCUT2D eigenvalue weighted by Gasteiger charge is 2.12. The Kier molecular flexibility index (Phi) is 3.27. The van der Waals surface area contributed by atoms with Crippen molar-refractivity contribution >= 4 is 27.1 Å². The van der Waals surface area contributed by atoms with Crippen molar-refractivity contribution < 1.29 is 9.84 Å². The Bertz CT molecular complexity index is 886. The molecule has 2 aromatic carbocycles. The van der Waals surface area contributed by atoms with Crippen molar-refractivity contribution in [1.29, 1.82) is 0 Å². The number of phenolic OH excluding ortho intramolecular Hbond substituents is 1. The van der Waals surface area contributed by atoms with E-state index >= 15 is 0 Å². The molecule has 0 aliphatic rings. The van der Waals surface area contributed by atoms with Crippen LogP contribution in [-0.4, -0.2) is 12.2 Å². The van der Waals surface area contributed by atoms with E-state index in [1.54, 1.807) is 18.2 Å². The van der Waals surface area contributed by atoms with E-state index in [0.717, 1.165) is 4.70 Å². The molecule has 0 fully saturated rings.